The number of aliphatic carboxylic acids is 1. The molecule has 0 heterocycles. The van der Waals surface area contributed by atoms with Crippen molar-refractivity contribution in [3.8, 4) is 17.2 Å². The van der Waals surface area contributed by atoms with E-state index in [1.807, 2.05) is 85.7 Å². The molecule has 17 heteroatoms. The van der Waals surface area contributed by atoms with Crippen LogP contribution in [-0.4, -0.2) is 98.4 Å². The van der Waals surface area contributed by atoms with Crippen LogP contribution in [0.3, 0.4) is 0 Å². The number of esters is 2. The van der Waals surface area contributed by atoms with Crippen LogP contribution in [0.15, 0.2) is 54.6 Å². The van der Waals surface area contributed by atoms with E-state index in [-0.39, 0.29) is 49.2 Å². The number of halogens is 5. The van der Waals surface area contributed by atoms with Gasteiger partial charge in [0.05, 0.1) is 38.3 Å². The van der Waals surface area contributed by atoms with Crippen molar-refractivity contribution in [1.82, 2.24) is 0 Å². The van der Waals surface area contributed by atoms with Gasteiger partial charge in [-0.25, -0.2) is 8.78 Å². The summed E-state index contributed by atoms with van der Waals surface area (Å²) in [5.41, 5.74) is 7.41. The Bertz CT molecular complexity index is 1820. The smallest absolute Gasteiger partial charge is 0.320 e. The third kappa shape index (κ3) is 25.6. The number of carboxylic acid groups (broad SMARTS) is 1. The summed E-state index contributed by atoms with van der Waals surface area (Å²) in [5.74, 6) is -0.354. The number of carboxylic acids is 1. The van der Waals surface area contributed by atoms with Crippen LogP contribution in [0.1, 0.15) is 72.1 Å². The highest BCUT2D eigenvalue weighted by atomic mass is 127. The zero-order valence-corrected chi connectivity index (χ0v) is 43.2. The number of hydrogen-bond acceptors (Lipinski definition) is 11. The lowest BCUT2D eigenvalue weighted by atomic mass is 10.0. The molecule has 0 spiro atoms. The van der Waals surface area contributed by atoms with Gasteiger partial charge in [-0.05, 0) is 200 Å². The SMILES string of the molecule is C[C@@H](Cc1cc(O)ccc1I)C(=O)OC(C)(C)C.C[C@@H](Cc1cc(OCCOCCF)ccc1I)C(=O)OC(C)(C)C.N[C@@H](Cc1cc(OCCOCCF)ccc1I)C(=O)O. The summed E-state index contributed by atoms with van der Waals surface area (Å²) in [6.45, 7) is 15.3. The molecule has 0 radical (unpaired) electrons. The molecule has 0 unspecified atom stereocenters. The van der Waals surface area contributed by atoms with E-state index in [0.29, 0.717) is 50.8 Å². The van der Waals surface area contributed by atoms with E-state index in [0.717, 1.165) is 27.4 Å². The first-order valence-electron chi connectivity index (χ1n) is 20.0. The monoisotopic (exact) mass is 1210 g/mol. The largest absolute Gasteiger partial charge is 0.508 e. The fraction of sp³-hybridized carbons (Fsp3) is 0.533. The Morgan fingerprint density at radius 1 is 0.613 bits per heavy atom. The number of phenols is 1. The van der Waals surface area contributed by atoms with Gasteiger partial charge in [0.25, 0.3) is 0 Å². The van der Waals surface area contributed by atoms with Crippen LogP contribution in [0, 0.1) is 22.5 Å². The fourth-order valence-electron chi connectivity index (χ4n) is 5.02. The summed E-state index contributed by atoms with van der Waals surface area (Å²) in [5, 5.41) is 18.3. The van der Waals surface area contributed by atoms with E-state index in [1.54, 1.807) is 24.3 Å². The zero-order valence-electron chi connectivity index (χ0n) is 36.7. The number of carbonyl (C=O) groups excluding carboxylic acids is 2. The molecule has 62 heavy (non-hydrogen) atoms. The van der Waals surface area contributed by atoms with Gasteiger partial charge in [-0.3, -0.25) is 14.4 Å². The Morgan fingerprint density at radius 3 is 1.35 bits per heavy atom. The average molecular weight is 1210 g/mol. The number of hydrogen-bond donors (Lipinski definition) is 3. The van der Waals surface area contributed by atoms with Gasteiger partial charge < -0.3 is 44.4 Å². The minimum atomic E-state index is -1.04. The van der Waals surface area contributed by atoms with Gasteiger partial charge in [0.15, 0.2) is 0 Å². The molecule has 0 saturated carbocycles. The van der Waals surface area contributed by atoms with Crippen molar-refractivity contribution in [2.75, 3.05) is 53.0 Å². The van der Waals surface area contributed by atoms with Crippen LogP contribution in [0.5, 0.6) is 17.2 Å². The fourth-order valence-corrected chi connectivity index (χ4v) is 6.68. The summed E-state index contributed by atoms with van der Waals surface area (Å²) in [6.07, 6.45) is 1.40. The van der Waals surface area contributed by atoms with Gasteiger partial charge in [-0.1, -0.05) is 13.8 Å². The van der Waals surface area contributed by atoms with E-state index in [9.17, 15) is 28.3 Å². The highest BCUT2D eigenvalue weighted by Crippen LogP contribution is 2.25. The molecule has 3 rings (SSSR count). The second kappa shape index (κ2) is 29.8. The van der Waals surface area contributed by atoms with Gasteiger partial charge in [-0.2, -0.15) is 0 Å². The number of carbonyl (C=O) groups is 3. The first-order chi connectivity index (χ1) is 29.0. The Hall–Kier alpha value is -2.60. The second-order valence-electron chi connectivity index (χ2n) is 16.0. The van der Waals surface area contributed by atoms with Crippen molar-refractivity contribution in [3.05, 3.63) is 82.0 Å². The Kier molecular flexibility index (Phi) is 27.6. The number of alkyl halides is 2. The van der Waals surface area contributed by atoms with Gasteiger partial charge in [0.1, 0.15) is 61.1 Å². The Balaban J connectivity index is 0.000000470. The topological polar surface area (TPSA) is 173 Å². The molecule has 348 valence electrons. The molecule has 3 aromatic carbocycles. The zero-order chi connectivity index (χ0) is 47.0. The lowest BCUT2D eigenvalue weighted by Crippen LogP contribution is -2.32. The third-order valence-corrected chi connectivity index (χ3v) is 11.1. The highest BCUT2D eigenvalue weighted by molar-refractivity contribution is 14.1. The summed E-state index contributed by atoms with van der Waals surface area (Å²) < 4.78 is 58.6. The molecule has 0 aromatic heterocycles. The van der Waals surface area contributed by atoms with Crippen molar-refractivity contribution in [2.24, 2.45) is 17.6 Å². The van der Waals surface area contributed by atoms with E-state index >= 15 is 0 Å². The van der Waals surface area contributed by atoms with Crippen molar-refractivity contribution in [1.29, 1.82) is 0 Å². The maximum Gasteiger partial charge on any atom is 0.320 e. The summed E-state index contributed by atoms with van der Waals surface area (Å²) >= 11 is 6.56. The number of nitrogens with two attached hydrogens (primary N) is 1. The first-order valence-corrected chi connectivity index (χ1v) is 23.2. The van der Waals surface area contributed by atoms with Gasteiger partial charge in [0, 0.05) is 10.7 Å². The summed E-state index contributed by atoms with van der Waals surface area (Å²) in [7, 11) is 0. The van der Waals surface area contributed by atoms with Gasteiger partial charge >= 0.3 is 17.9 Å². The maximum absolute atomic E-state index is 12.1. The predicted molar refractivity (Wildman–Crippen MR) is 260 cm³/mol. The van der Waals surface area contributed by atoms with E-state index in [1.165, 1.54) is 0 Å². The van der Waals surface area contributed by atoms with E-state index in [2.05, 4.69) is 67.8 Å². The molecule has 0 aliphatic heterocycles. The molecule has 0 amide bonds. The molecule has 3 atom stereocenters. The number of aromatic hydroxyl groups is 1. The van der Waals surface area contributed by atoms with Crippen LogP contribution >= 0.6 is 67.8 Å². The number of ether oxygens (including phenoxy) is 6. The van der Waals surface area contributed by atoms with Gasteiger partial charge in [-0.15, -0.1) is 0 Å². The number of phenolic OH excluding ortho intramolecular Hbond substituents is 1. The lowest BCUT2D eigenvalue weighted by Gasteiger charge is -2.22. The predicted octanol–water partition coefficient (Wildman–Crippen LogP) is 9.30. The maximum atomic E-state index is 12.1. The average Bonchev–Trinajstić information content (AvgIpc) is 3.17. The standard InChI is InChI=1S/C18H26FIO4.C14H19IO3.C13H17FINO4/c1-13(17(21)24-18(2,3)4)11-14-12-15(5-6-16(14)20)23-10-9-22-8-7-19;1-9(13(17)18-14(2,3)4)7-10-8-11(16)5-6-12(10)15;14-3-4-19-5-6-20-10-1-2-11(15)9(7-10)8-12(16)13(17)18/h5-6,12-13H,7-11H2,1-4H3;5-6,8-9,16H,7H2,1-4H3;1-2,7,12H,3-6,8,16H2,(H,17,18)/t13-;9-;12-/m000/s1. The lowest BCUT2D eigenvalue weighted by molar-refractivity contribution is -0.160. The first kappa shape index (κ1) is 57.4. The number of benzene rings is 3. The van der Waals surface area contributed by atoms with Crippen LogP contribution < -0.4 is 15.2 Å². The van der Waals surface area contributed by atoms with E-state index in [4.69, 9.17) is 39.3 Å². The molecular formula is C45H62F2I3NO11. The highest BCUT2D eigenvalue weighted by Gasteiger charge is 2.24. The molecule has 0 bridgehead atoms. The van der Waals surface area contributed by atoms with Crippen LogP contribution in [-0.2, 0) is 52.6 Å². The van der Waals surface area contributed by atoms with Crippen molar-refractivity contribution < 1.29 is 61.8 Å². The summed E-state index contributed by atoms with van der Waals surface area (Å²) in [4.78, 5) is 34.8. The van der Waals surface area contributed by atoms with Gasteiger partial charge in [0.2, 0.25) is 0 Å². The molecule has 0 saturated heterocycles. The van der Waals surface area contributed by atoms with Crippen molar-refractivity contribution >= 4 is 85.7 Å². The Morgan fingerprint density at radius 2 is 0.984 bits per heavy atom. The summed E-state index contributed by atoms with van der Waals surface area (Å²) in [6, 6.07) is 15.4. The molecule has 3 aromatic rings. The minimum absolute atomic E-state index is 0.0642. The van der Waals surface area contributed by atoms with Crippen molar-refractivity contribution in [2.45, 2.75) is 91.9 Å². The second-order valence-corrected chi connectivity index (χ2v) is 19.5. The van der Waals surface area contributed by atoms with Crippen molar-refractivity contribution in [3.63, 3.8) is 0 Å². The van der Waals surface area contributed by atoms with Crippen LogP contribution in [0.4, 0.5) is 8.78 Å². The quantitative estimate of drug-likeness (QED) is 0.0525. The third-order valence-electron chi connectivity index (χ3n) is 7.93. The molecule has 4 N–H and O–H groups in total. The Labute approximate surface area is 406 Å². The number of rotatable bonds is 21. The molecule has 0 aliphatic rings. The molecule has 0 fully saturated rings. The van der Waals surface area contributed by atoms with Crippen LogP contribution in [0.2, 0.25) is 0 Å². The van der Waals surface area contributed by atoms with Crippen LogP contribution in [0.25, 0.3) is 0 Å². The van der Waals surface area contributed by atoms with E-state index < -0.39 is 36.6 Å². The normalized spacial score (nSPS) is 12.7. The molecule has 0 aliphatic carbocycles. The minimum Gasteiger partial charge on any atom is -0.508 e. The molecular weight excluding hydrogens is 1150 g/mol. The molecule has 12 nitrogen and oxygen atoms in total.